The van der Waals surface area contributed by atoms with Crippen molar-refractivity contribution in [2.45, 2.75) is 30.9 Å². The highest BCUT2D eigenvalue weighted by molar-refractivity contribution is 7.98. The molecule has 0 unspecified atom stereocenters. The van der Waals surface area contributed by atoms with E-state index in [0.29, 0.717) is 36.0 Å². The Balaban J connectivity index is 1.32. The second kappa shape index (κ2) is 14.1. The first-order valence-corrected chi connectivity index (χ1v) is 14.7. The van der Waals surface area contributed by atoms with E-state index < -0.39 is 6.61 Å². The van der Waals surface area contributed by atoms with Crippen LogP contribution in [0.2, 0.25) is 0 Å². The van der Waals surface area contributed by atoms with Crippen molar-refractivity contribution in [3.63, 3.8) is 0 Å². The molecule has 0 aliphatic carbocycles. The van der Waals surface area contributed by atoms with Crippen molar-refractivity contribution < 1.29 is 27.8 Å². The summed E-state index contributed by atoms with van der Waals surface area (Å²) in [5.41, 5.74) is 1.50. The zero-order chi connectivity index (χ0) is 28.6. The Labute approximate surface area is 237 Å². The molecule has 10 nitrogen and oxygen atoms in total. The second-order valence-electron chi connectivity index (χ2n) is 10.0. The molecule has 2 saturated heterocycles. The van der Waals surface area contributed by atoms with Gasteiger partial charge in [-0.15, -0.1) is 11.8 Å². The van der Waals surface area contributed by atoms with Gasteiger partial charge in [0.25, 0.3) is 0 Å². The maximum absolute atomic E-state index is 13.1. The number of hydrogen-bond acceptors (Lipinski definition) is 8. The largest absolute Gasteiger partial charge is 0.434 e. The van der Waals surface area contributed by atoms with E-state index in [1.165, 1.54) is 24.9 Å². The number of aromatic nitrogens is 2. The van der Waals surface area contributed by atoms with E-state index in [1.807, 2.05) is 16.1 Å². The number of rotatable bonds is 11. The fourth-order valence-corrected chi connectivity index (χ4v) is 5.71. The zero-order valence-electron chi connectivity index (χ0n) is 23.3. The number of ether oxygens (including phenoxy) is 2. The lowest BCUT2D eigenvalue weighted by atomic mass is 9.96. The molecule has 0 atom stereocenters. The van der Waals surface area contributed by atoms with Crippen LogP contribution in [0.5, 0.6) is 5.75 Å². The Morgan fingerprint density at radius 2 is 1.80 bits per heavy atom. The van der Waals surface area contributed by atoms with Crippen molar-refractivity contribution >= 4 is 29.3 Å². The van der Waals surface area contributed by atoms with Crippen LogP contribution in [0.3, 0.4) is 0 Å². The van der Waals surface area contributed by atoms with Crippen LogP contribution in [0.4, 0.5) is 14.5 Å². The molecule has 2 amide bonds. The smallest absolute Gasteiger partial charge is 0.387 e. The van der Waals surface area contributed by atoms with E-state index in [1.54, 1.807) is 30.1 Å². The number of benzene rings is 1. The van der Waals surface area contributed by atoms with Gasteiger partial charge >= 0.3 is 6.61 Å². The van der Waals surface area contributed by atoms with E-state index >= 15 is 0 Å². The van der Waals surface area contributed by atoms with Gasteiger partial charge in [-0.1, -0.05) is 0 Å². The summed E-state index contributed by atoms with van der Waals surface area (Å²) in [5, 5.41) is 7.64. The summed E-state index contributed by atoms with van der Waals surface area (Å²) in [6.07, 6.45) is 5.47. The SMILES string of the molecule is CNc1cn(CC(=O)N2CCC(CN3CCN(C(=O)COC)CC3)CC2)nc1-c1cc(SC)ccc1OC(F)F. The molecule has 2 aliphatic heterocycles. The summed E-state index contributed by atoms with van der Waals surface area (Å²) < 4.78 is 37.4. The summed E-state index contributed by atoms with van der Waals surface area (Å²) in [4.78, 5) is 32.2. The highest BCUT2D eigenvalue weighted by atomic mass is 32.2. The molecule has 3 heterocycles. The zero-order valence-corrected chi connectivity index (χ0v) is 24.1. The maximum atomic E-state index is 13.1. The van der Waals surface area contributed by atoms with Crippen molar-refractivity contribution in [3.8, 4) is 17.0 Å². The summed E-state index contributed by atoms with van der Waals surface area (Å²) in [6, 6.07) is 5.00. The maximum Gasteiger partial charge on any atom is 0.387 e. The monoisotopic (exact) mass is 580 g/mol. The normalized spacial score (nSPS) is 16.9. The number of methoxy groups -OCH3 is 1. The second-order valence-corrected chi connectivity index (χ2v) is 10.9. The molecule has 2 aromatic rings. The predicted molar refractivity (Wildman–Crippen MR) is 150 cm³/mol. The molecule has 0 radical (unpaired) electrons. The van der Waals surface area contributed by atoms with Crippen LogP contribution >= 0.6 is 11.8 Å². The number of nitrogens with zero attached hydrogens (tertiary/aromatic N) is 5. The average Bonchev–Trinajstić information content (AvgIpc) is 3.36. The van der Waals surface area contributed by atoms with Crippen LogP contribution in [0.1, 0.15) is 12.8 Å². The minimum absolute atomic E-state index is 0.0256. The lowest BCUT2D eigenvalue weighted by Gasteiger charge is -2.38. The van der Waals surface area contributed by atoms with Crippen molar-refractivity contribution in [3.05, 3.63) is 24.4 Å². The summed E-state index contributed by atoms with van der Waals surface area (Å²) in [6.45, 7) is 2.72. The molecule has 0 spiro atoms. The molecule has 2 fully saturated rings. The van der Waals surface area contributed by atoms with Gasteiger partial charge in [-0.25, -0.2) is 0 Å². The van der Waals surface area contributed by atoms with Gasteiger partial charge in [0.15, 0.2) is 0 Å². The first-order valence-electron chi connectivity index (χ1n) is 13.5. The average molecular weight is 581 g/mol. The molecule has 1 aromatic carbocycles. The molecule has 1 N–H and O–H groups in total. The highest BCUT2D eigenvalue weighted by Crippen LogP contribution is 2.37. The lowest BCUT2D eigenvalue weighted by Crippen LogP contribution is -2.51. The predicted octanol–water partition coefficient (Wildman–Crippen LogP) is 2.94. The molecule has 4 rings (SSSR count). The van der Waals surface area contributed by atoms with Gasteiger partial charge in [-0.2, -0.15) is 13.9 Å². The number of amides is 2. The van der Waals surface area contributed by atoms with E-state index in [-0.39, 0.29) is 30.7 Å². The number of carbonyl (C=O) groups excluding carboxylic acids is 2. The van der Waals surface area contributed by atoms with Crippen LogP contribution in [-0.4, -0.2) is 116 Å². The summed E-state index contributed by atoms with van der Waals surface area (Å²) in [5.74, 6) is 0.554. The number of carbonyl (C=O) groups is 2. The first kappa shape index (κ1) is 30.1. The fraction of sp³-hybridized carbons (Fsp3) is 0.593. The Morgan fingerprint density at radius 3 is 2.42 bits per heavy atom. The topological polar surface area (TPSA) is 92.2 Å². The van der Waals surface area contributed by atoms with Crippen molar-refractivity contribution in [1.82, 2.24) is 24.5 Å². The summed E-state index contributed by atoms with van der Waals surface area (Å²) >= 11 is 1.49. The molecule has 40 heavy (non-hydrogen) atoms. The number of piperazine rings is 1. The van der Waals surface area contributed by atoms with E-state index in [4.69, 9.17) is 9.47 Å². The van der Waals surface area contributed by atoms with Gasteiger partial charge in [0.2, 0.25) is 11.8 Å². The van der Waals surface area contributed by atoms with Gasteiger partial charge < -0.3 is 24.6 Å². The number of alkyl halides is 2. The van der Waals surface area contributed by atoms with Gasteiger partial charge in [-0.3, -0.25) is 19.2 Å². The number of thioether (sulfide) groups is 1. The Kier molecular flexibility index (Phi) is 10.6. The van der Waals surface area contributed by atoms with Crippen LogP contribution in [0.25, 0.3) is 11.3 Å². The fourth-order valence-electron chi connectivity index (χ4n) is 5.27. The third-order valence-corrected chi connectivity index (χ3v) is 8.19. The molecule has 13 heteroatoms. The molecule has 0 saturated carbocycles. The van der Waals surface area contributed by atoms with Gasteiger partial charge in [0, 0.05) is 76.6 Å². The van der Waals surface area contributed by atoms with E-state index in [9.17, 15) is 18.4 Å². The van der Waals surface area contributed by atoms with Crippen molar-refractivity contribution in [1.29, 1.82) is 0 Å². The molecule has 2 aliphatic rings. The van der Waals surface area contributed by atoms with Gasteiger partial charge in [0.05, 0.1) is 5.69 Å². The molecule has 220 valence electrons. The lowest BCUT2D eigenvalue weighted by molar-refractivity contribution is -0.137. The Bertz CT molecular complexity index is 1150. The molecular formula is C27H38F2N6O4S. The highest BCUT2D eigenvalue weighted by Gasteiger charge is 2.27. The number of piperidine rings is 1. The first-order chi connectivity index (χ1) is 19.3. The van der Waals surface area contributed by atoms with Crippen molar-refractivity contribution in [2.24, 2.45) is 5.92 Å². The number of nitrogens with one attached hydrogen (secondary N) is 1. The van der Waals surface area contributed by atoms with Crippen LogP contribution in [0.15, 0.2) is 29.3 Å². The number of likely N-dealkylation sites (tertiary alicyclic amines) is 1. The molecule has 0 bridgehead atoms. The Hall–Kier alpha value is -2.90. The molecular weight excluding hydrogens is 542 g/mol. The third kappa shape index (κ3) is 7.64. The summed E-state index contributed by atoms with van der Waals surface area (Å²) in [7, 11) is 3.26. The minimum atomic E-state index is -2.96. The molecule has 1 aromatic heterocycles. The van der Waals surface area contributed by atoms with Crippen LogP contribution in [0, 0.1) is 5.92 Å². The Morgan fingerprint density at radius 1 is 1.10 bits per heavy atom. The number of hydrogen-bond donors (Lipinski definition) is 1. The third-order valence-electron chi connectivity index (χ3n) is 7.46. The van der Waals surface area contributed by atoms with Crippen LogP contribution in [-0.2, 0) is 20.9 Å². The van der Waals surface area contributed by atoms with Gasteiger partial charge in [0.1, 0.15) is 24.6 Å². The number of anilines is 1. The minimum Gasteiger partial charge on any atom is -0.434 e. The van der Waals surface area contributed by atoms with Crippen molar-refractivity contribution in [2.75, 3.05) is 78.2 Å². The quantitative estimate of drug-likeness (QED) is 0.406. The van der Waals surface area contributed by atoms with E-state index in [0.717, 1.165) is 50.5 Å². The van der Waals surface area contributed by atoms with Gasteiger partial charge in [-0.05, 0) is 43.2 Å². The standard InChI is InChI=1S/C27H38F2N6O4S/c1-30-22-16-35(31-26(22)21-14-20(40-3)4-5-23(21)39-27(28)29)17-24(36)33-8-6-19(7-9-33)15-32-10-12-34(13-11-32)25(37)18-38-2/h4-5,14,16,19,27,30H,6-13,15,17-18H2,1-3H3. The number of halogens is 2. The van der Waals surface area contributed by atoms with Crippen LogP contribution < -0.4 is 10.1 Å². The van der Waals surface area contributed by atoms with E-state index in [2.05, 4.69) is 15.3 Å².